The first-order chi connectivity index (χ1) is 7.73. The molecule has 0 aliphatic rings. The van der Waals surface area contributed by atoms with Crippen molar-refractivity contribution >= 4 is 10.0 Å². The lowest BCUT2D eigenvalue weighted by atomic mass is 9.99. The molecule has 0 aromatic heterocycles. The molecule has 5 heteroatoms. The van der Waals surface area contributed by atoms with E-state index in [2.05, 4.69) is 0 Å². The highest BCUT2D eigenvalue weighted by molar-refractivity contribution is 7.89. The number of likely N-dealkylation sites (N-methyl/N-ethyl adjacent to an activating group) is 1. The van der Waals surface area contributed by atoms with Crippen LogP contribution in [0.25, 0.3) is 0 Å². The van der Waals surface area contributed by atoms with Gasteiger partial charge in [0.25, 0.3) is 0 Å². The highest BCUT2D eigenvalue weighted by Crippen LogP contribution is 2.23. The molecule has 1 atom stereocenters. The minimum Gasteiger partial charge on any atom is -0.329 e. The summed E-state index contributed by atoms with van der Waals surface area (Å²) in [5, 5.41) is 0. The zero-order valence-corrected chi connectivity index (χ0v) is 12.7. The summed E-state index contributed by atoms with van der Waals surface area (Å²) in [5.41, 5.74) is 5.29. The second-order valence-corrected chi connectivity index (χ2v) is 7.23. The van der Waals surface area contributed by atoms with Crippen LogP contribution in [0.5, 0.6) is 0 Å². The van der Waals surface area contributed by atoms with Crippen molar-refractivity contribution in [2.75, 3.05) is 18.8 Å². The summed E-state index contributed by atoms with van der Waals surface area (Å²) in [7, 11) is -3.20. The molecule has 0 bridgehead atoms. The van der Waals surface area contributed by atoms with E-state index in [9.17, 15) is 8.42 Å². The van der Waals surface area contributed by atoms with Crippen LogP contribution >= 0.6 is 0 Å². The Morgan fingerprint density at radius 2 is 1.82 bits per heavy atom. The Morgan fingerprint density at radius 1 is 1.29 bits per heavy atom. The van der Waals surface area contributed by atoms with Crippen LogP contribution in [0.1, 0.15) is 47.5 Å². The molecular weight excluding hydrogens is 236 g/mol. The second-order valence-electron chi connectivity index (χ2n) is 5.22. The van der Waals surface area contributed by atoms with Crippen molar-refractivity contribution in [1.82, 2.24) is 4.31 Å². The van der Waals surface area contributed by atoms with E-state index in [1.807, 2.05) is 34.6 Å². The zero-order chi connectivity index (χ0) is 13.7. The van der Waals surface area contributed by atoms with Crippen molar-refractivity contribution in [3.63, 3.8) is 0 Å². The molecule has 0 spiro atoms. The fourth-order valence-corrected chi connectivity index (χ4v) is 4.09. The molecule has 0 aliphatic carbocycles. The van der Waals surface area contributed by atoms with Crippen LogP contribution in [0.15, 0.2) is 0 Å². The van der Waals surface area contributed by atoms with Gasteiger partial charge in [0, 0.05) is 18.6 Å². The van der Waals surface area contributed by atoms with Gasteiger partial charge in [-0.3, -0.25) is 0 Å². The molecule has 17 heavy (non-hydrogen) atoms. The molecule has 104 valence electrons. The lowest BCUT2D eigenvalue weighted by Gasteiger charge is -2.38. The maximum atomic E-state index is 12.3. The topological polar surface area (TPSA) is 63.4 Å². The van der Waals surface area contributed by atoms with Gasteiger partial charge in [-0.2, -0.15) is 4.31 Å². The van der Waals surface area contributed by atoms with Gasteiger partial charge in [0.15, 0.2) is 0 Å². The number of hydrogen-bond acceptors (Lipinski definition) is 3. The van der Waals surface area contributed by atoms with E-state index in [4.69, 9.17) is 5.73 Å². The average Bonchev–Trinajstić information content (AvgIpc) is 2.26. The van der Waals surface area contributed by atoms with Gasteiger partial charge in [0.1, 0.15) is 0 Å². The van der Waals surface area contributed by atoms with Gasteiger partial charge < -0.3 is 5.73 Å². The van der Waals surface area contributed by atoms with Crippen LogP contribution in [0, 0.1) is 5.92 Å². The normalized spacial score (nSPS) is 16.5. The molecule has 0 radical (unpaired) electrons. The molecule has 0 saturated carbocycles. The smallest absolute Gasteiger partial charge is 0.214 e. The molecule has 2 N–H and O–H groups in total. The molecule has 0 rings (SSSR count). The molecule has 0 aromatic carbocycles. The minimum atomic E-state index is -3.20. The van der Waals surface area contributed by atoms with E-state index in [0.717, 1.165) is 6.42 Å². The number of sulfonamides is 1. The Morgan fingerprint density at radius 3 is 2.12 bits per heavy atom. The quantitative estimate of drug-likeness (QED) is 0.727. The fraction of sp³-hybridized carbons (Fsp3) is 1.00. The molecule has 1 unspecified atom stereocenters. The van der Waals surface area contributed by atoms with E-state index in [1.54, 1.807) is 4.31 Å². The van der Waals surface area contributed by atoms with Crippen LogP contribution in [-0.4, -0.2) is 37.1 Å². The molecule has 0 saturated heterocycles. The SMILES string of the molecule is CCN(C(C)(CC)CN)S(=O)(=O)CCC(C)C. The van der Waals surface area contributed by atoms with Gasteiger partial charge in [-0.05, 0) is 25.7 Å². The van der Waals surface area contributed by atoms with Crippen molar-refractivity contribution in [1.29, 1.82) is 0 Å². The third kappa shape index (κ3) is 4.56. The lowest BCUT2D eigenvalue weighted by molar-refractivity contribution is 0.213. The molecular formula is C12H28N2O2S. The average molecular weight is 264 g/mol. The van der Waals surface area contributed by atoms with Crippen molar-refractivity contribution in [3.8, 4) is 0 Å². The first-order valence-corrected chi connectivity index (χ1v) is 8.05. The maximum absolute atomic E-state index is 12.3. The fourth-order valence-electron chi connectivity index (χ4n) is 1.83. The Balaban J connectivity index is 4.98. The number of rotatable bonds is 8. The van der Waals surface area contributed by atoms with Gasteiger partial charge in [-0.1, -0.05) is 27.7 Å². The predicted octanol–water partition coefficient (Wildman–Crippen LogP) is 1.81. The van der Waals surface area contributed by atoms with Crippen molar-refractivity contribution in [2.45, 2.75) is 53.0 Å². The molecule has 0 heterocycles. The third-order valence-electron chi connectivity index (χ3n) is 3.38. The van der Waals surface area contributed by atoms with Crippen LogP contribution in [0.2, 0.25) is 0 Å². The summed E-state index contributed by atoms with van der Waals surface area (Å²) >= 11 is 0. The van der Waals surface area contributed by atoms with Gasteiger partial charge in [0.05, 0.1) is 5.75 Å². The summed E-state index contributed by atoms with van der Waals surface area (Å²) in [6, 6.07) is 0. The number of nitrogens with two attached hydrogens (primary N) is 1. The third-order valence-corrected chi connectivity index (χ3v) is 5.50. The first kappa shape index (κ1) is 16.9. The van der Waals surface area contributed by atoms with Crippen molar-refractivity contribution in [3.05, 3.63) is 0 Å². The number of nitrogens with zero attached hydrogens (tertiary/aromatic N) is 1. The van der Waals surface area contributed by atoms with Gasteiger partial charge >= 0.3 is 0 Å². The second kappa shape index (κ2) is 6.71. The Hall–Kier alpha value is -0.130. The van der Waals surface area contributed by atoms with Crippen LogP contribution in [0.4, 0.5) is 0 Å². The van der Waals surface area contributed by atoms with E-state index in [1.165, 1.54) is 0 Å². The van der Waals surface area contributed by atoms with Crippen molar-refractivity contribution in [2.24, 2.45) is 11.7 Å². The number of hydrogen-bond donors (Lipinski definition) is 1. The van der Waals surface area contributed by atoms with Crippen LogP contribution < -0.4 is 5.73 Å². The Kier molecular flexibility index (Phi) is 6.66. The molecule has 4 nitrogen and oxygen atoms in total. The predicted molar refractivity (Wildman–Crippen MR) is 73.4 cm³/mol. The maximum Gasteiger partial charge on any atom is 0.214 e. The zero-order valence-electron chi connectivity index (χ0n) is 11.9. The van der Waals surface area contributed by atoms with Gasteiger partial charge in [-0.25, -0.2) is 8.42 Å². The molecule has 0 aliphatic heterocycles. The minimum absolute atomic E-state index is 0.216. The van der Waals surface area contributed by atoms with Crippen LogP contribution in [0.3, 0.4) is 0 Å². The molecule has 0 aromatic rings. The summed E-state index contributed by atoms with van der Waals surface area (Å²) in [6.07, 6.45) is 1.43. The highest BCUT2D eigenvalue weighted by Gasteiger charge is 2.35. The summed E-state index contributed by atoms with van der Waals surface area (Å²) in [6.45, 7) is 10.7. The summed E-state index contributed by atoms with van der Waals surface area (Å²) in [5.74, 6) is 0.614. The van der Waals surface area contributed by atoms with Gasteiger partial charge in [-0.15, -0.1) is 0 Å². The highest BCUT2D eigenvalue weighted by atomic mass is 32.2. The Bertz CT molecular complexity index is 308. The van der Waals surface area contributed by atoms with E-state index >= 15 is 0 Å². The largest absolute Gasteiger partial charge is 0.329 e. The van der Waals surface area contributed by atoms with E-state index in [-0.39, 0.29) is 5.75 Å². The standard InChI is InChI=1S/C12H28N2O2S/c1-6-12(5,10-13)14(7-2)17(15,16)9-8-11(3)4/h11H,6-10,13H2,1-5H3. The molecule has 0 amide bonds. The first-order valence-electron chi connectivity index (χ1n) is 6.44. The Labute approximate surface area is 107 Å². The monoisotopic (exact) mass is 264 g/mol. The van der Waals surface area contributed by atoms with Crippen LogP contribution in [-0.2, 0) is 10.0 Å². The summed E-state index contributed by atoms with van der Waals surface area (Å²) < 4.78 is 26.2. The van der Waals surface area contributed by atoms with E-state index < -0.39 is 15.6 Å². The van der Waals surface area contributed by atoms with Gasteiger partial charge in [0.2, 0.25) is 10.0 Å². The summed E-state index contributed by atoms with van der Waals surface area (Å²) in [4.78, 5) is 0. The van der Waals surface area contributed by atoms with E-state index in [0.29, 0.717) is 25.4 Å². The van der Waals surface area contributed by atoms with Crippen molar-refractivity contribution < 1.29 is 8.42 Å². The lowest BCUT2D eigenvalue weighted by Crippen LogP contribution is -2.54. The molecule has 0 fully saturated rings.